The highest BCUT2D eigenvalue weighted by Gasteiger charge is 2.30. The fourth-order valence-corrected chi connectivity index (χ4v) is 3.61. The van der Waals surface area contributed by atoms with E-state index < -0.39 is 0 Å². The summed E-state index contributed by atoms with van der Waals surface area (Å²) in [5.41, 5.74) is -0.140. The smallest absolute Gasteiger partial charge is 0.0611 e. The predicted octanol–water partition coefficient (Wildman–Crippen LogP) is 2.78. The maximum Gasteiger partial charge on any atom is 0.0611 e. The van der Waals surface area contributed by atoms with Gasteiger partial charge in [0.05, 0.1) is 6.61 Å². The molecule has 3 heteroatoms. The average molecular weight is 270 g/mol. The Morgan fingerprint density at radius 1 is 1.32 bits per heavy atom. The Kier molecular flexibility index (Phi) is 7.33. The molecular weight excluding hydrogens is 236 g/mol. The van der Waals surface area contributed by atoms with Crippen LogP contribution >= 0.6 is 0 Å². The number of rotatable bonds is 7. The summed E-state index contributed by atoms with van der Waals surface area (Å²) in [5, 5.41) is 13.1. The van der Waals surface area contributed by atoms with Crippen molar-refractivity contribution in [1.82, 2.24) is 10.2 Å². The molecule has 0 aromatic carbocycles. The van der Waals surface area contributed by atoms with E-state index in [0.29, 0.717) is 6.04 Å². The molecule has 3 atom stereocenters. The Morgan fingerprint density at radius 3 is 2.63 bits per heavy atom. The molecule has 1 aliphatic heterocycles. The second-order valence-corrected chi connectivity index (χ2v) is 6.45. The summed E-state index contributed by atoms with van der Waals surface area (Å²) in [5.74, 6) is 0. The van der Waals surface area contributed by atoms with E-state index in [2.05, 4.69) is 37.9 Å². The van der Waals surface area contributed by atoms with Gasteiger partial charge < -0.3 is 10.4 Å². The first-order valence-corrected chi connectivity index (χ1v) is 8.18. The van der Waals surface area contributed by atoms with Crippen molar-refractivity contribution in [3.8, 4) is 0 Å². The molecule has 19 heavy (non-hydrogen) atoms. The number of aliphatic hydroxyl groups excluding tert-OH is 1. The van der Waals surface area contributed by atoms with E-state index in [4.69, 9.17) is 0 Å². The Labute approximate surface area is 119 Å². The maximum atomic E-state index is 9.66. The monoisotopic (exact) mass is 270 g/mol. The van der Waals surface area contributed by atoms with E-state index in [0.717, 1.165) is 19.0 Å². The summed E-state index contributed by atoms with van der Waals surface area (Å²) in [4.78, 5) is 2.69. The number of nitrogens with zero attached hydrogens (tertiary/aromatic N) is 1. The maximum absolute atomic E-state index is 9.66. The standard InChI is InChI=1S/C16H34N2O/c1-5-15-10-8-7-9-11-18(15)14(3)12-16(4,13-19)17-6-2/h14-15,17,19H,5-13H2,1-4H3. The van der Waals surface area contributed by atoms with E-state index in [1.165, 1.54) is 38.6 Å². The second kappa shape index (κ2) is 8.23. The molecule has 0 aliphatic carbocycles. The summed E-state index contributed by atoms with van der Waals surface area (Å²) < 4.78 is 0. The van der Waals surface area contributed by atoms with Crippen LogP contribution in [0, 0.1) is 0 Å². The zero-order valence-corrected chi connectivity index (χ0v) is 13.4. The van der Waals surface area contributed by atoms with Crippen molar-refractivity contribution in [3.05, 3.63) is 0 Å². The lowest BCUT2D eigenvalue weighted by Gasteiger charge is -2.40. The number of aliphatic hydroxyl groups is 1. The highest BCUT2D eigenvalue weighted by molar-refractivity contribution is 4.89. The van der Waals surface area contributed by atoms with Gasteiger partial charge in [0.15, 0.2) is 0 Å². The third kappa shape index (κ3) is 5.05. The van der Waals surface area contributed by atoms with Gasteiger partial charge >= 0.3 is 0 Å². The summed E-state index contributed by atoms with van der Waals surface area (Å²) in [6.07, 6.45) is 7.71. The van der Waals surface area contributed by atoms with E-state index in [9.17, 15) is 5.11 Å². The first-order chi connectivity index (χ1) is 9.06. The zero-order valence-electron chi connectivity index (χ0n) is 13.4. The number of likely N-dealkylation sites (N-methyl/N-ethyl adjacent to an activating group) is 1. The SMILES string of the molecule is CCNC(C)(CO)CC(C)N1CCCCCC1CC. The minimum atomic E-state index is -0.140. The molecule has 1 fully saturated rings. The van der Waals surface area contributed by atoms with Gasteiger partial charge in [0.25, 0.3) is 0 Å². The third-order valence-electron chi connectivity index (χ3n) is 4.66. The van der Waals surface area contributed by atoms with E-state index in [1.807, 2.05) is 0 Å². The normalized spacial score (nSPS) is 26.7. The quantitative estimate of drug-likeness (QED) is 0.747. The van der Waals surface area contributed by atoms with Crippen LogP contribution in [0.2, 0.25) is 0 Å². The van der Waals surface area contributed by atoms with Gasteiger partial charge in [0.2, 0.25) is 0 Å². The van der Waals surface area contributed by atoms with Crippen LogP contribution in [0.1, 0.15) is 66.2 Å². The molecule has 1 aliphatic rings. The first-order valence-electron chi connectivity index (χ1n) is 8.18. The van der Waals surface area contributed by atoms with Gasteiger partial charge in [-0.3, -0.25) is 4.90 Å². The van der Waals surface area contributed by atoms with Gasteiger partial charge in [-0.05, 0) is 52.6 Å². The van der Waals surface area contributed by atoms with Crippen LogP contribution in [-0.4, -0.2) is 47.3 Å². The molecule has 0 bridgehead atoms. The second-order valence-electron chi connectivity index (χ2n) is 6.45. The van der Waals surface area contributed by atoms with Crippen molar-refractivity contribution in [2.24, 2.45) is 0 Å². The topological polar surface area (TPSA) is 35.5 Å². The molecule has 0 aromatic rings. The Bertz CT molecular complexity index is 247. The third-order valence-corrected chi connectivity index (χ3v) is 4.66. The number of likely N-dealkylation sites (tertiary alicyclic amines) is 1. The largest absolute Gasteiger partial charge is 0.394 e. The summed E-state index contributed by atoms with van der Waals surface area (Å²) >= 11 is 0. The molecule has 1 rings (SSSR count). The molecule has 3 unspecified atom stereocenters. The van der Waals surface area contributed by atoms with Crippen molar-refractivity contribution in [1.29, 1.82) is 0 Å². The molecule has 1 saturated heterocycles. The highest BCUT2D eigenvalue weighted by atomic mass is 16.3. The van der Waals surface area contributed by atoms with Crippen LogP contribution in [-0.2, 0) is 0 Å². The van der Waals surface area contributed by atoms with Crippen LogP contribution in [0.4, 0.5) is 0 Å². The Balaban J connectivity index is 2.64. The lowest BCUT2D eigenvalue weighted by molar-refractivity contribution is 0.0877. The minimum absolute atomic E-state index is 0.140. The van der Waals surface area contributed by atoms with Gasteiger partial charge in [0, 0.05) is 17.6 Å². The molecule has 0 spiro atoms. The lowest BCUT2D eigenvalue weighted by atomic mass is 9.92. The van der Waals surface area contributed by atoms with E-state index in [1.54, 1.807) is 0 Å². The van der Waals surface area contributed by atoms with Gasteiger partial charge in [-0.25, -0.2) is 0 Å². The van der Waals surface area contributed by atoms with Crippen molar-refractivity contribution >= 4 is 0 Å². The predicted molar refractivity (Wildman–Crippen MR) is 82.5 cm³/mol. The molecule has 1 heterocycles. The lowest BCUT2D eigenvalue weighted by Crippen LogP contribution is -2.52. The molecule has 0 radical (unpaired) electrons. The van der Waals surface area contributed by atoms with Gasteiger partial charge in [-0.2, -0.15) is 0 Å². The summed E-state index contributed by atoms with van der Waals surface area (Å²) in [7, 11) is 0. The van der Waals surface area contributed by atoms with Crippen molar-refractivity contribution < 1.29 is 5.11 Å². The Morgan fingerprint density at radius 2 is 2.05 bits per heavy atom. The van der Waals surface area contributed by atoms with Crippen molar-refractivity contribution in [3.63, 3.8) is 0 Å². The van der Waals surface area contributed by atoms with Gasteiger partial charge in [0.1, 0.15) is 0 Å². The number of nitrogens with one attached hydrogen (secondary N) is 1. The highest BCUT2D eigenvalue weighted by Crippen LogP contribution is 2.25. The molecule has 114 valence electrons. The van der Waals surface area contributed by atoms with E-state index in [-0.39, 0.29) is 12.1 Å². The van der Waals surface area contributed by atoms with Gasteiger partial charge in [-0.15, -0.1) is 0 Å². The van der Waals surface area contributed by atoms with Crippen LogP contribution in [0.5, 0.6) is 0 Å². The van der Waals surface area contributed by atoms with Crippen LogP contribution in [0.3, 0.4) is 0 Å². The van der Waals surface area contributed by atoms with Gasteiger partial charge in [-0.1, -0.05) is 26.7 Å². The zero-order chi connectivity index (χ0) is 14.3. The number of hydrogen-bond acceptors (Lipinski definition) is 3. The average Bonchev–Trinajstić information content (AvgIpc) is 2.63. The molecule has 2 N–H and O–H groups in total. The fraction of sp³-hybridized carbons (Fsp3) is 1.00. The summed E-state index contributed by atoms with van der Waals surface area (Å²) in [6.45, 7) is 11.3. The molecule has 0 saturated carbocycles. The first kappa shape index (κ1) is 16.9. The summed E-state index contributed by atoms with van der Waals surface area (Å²) in [6, 6.07) is 1.28. The molecule has 3 nitrogen and oxygen atoms in total. The minimum Gasteiger partial charge on any atom is -0.394 e. The van der Waals surface area contributed by atoms with Crippen molar-refractivity contribution in [2.45, 2.75) is 83.8 Å². The molecule has 0 aromatic heterocycles. The van der Waals surface area contributed by atoms with Crippen molar-refractivity contribution in [2.75, 3.05) is 19.7 Å². The van der Waals surface area contributed by atoms with Crippen LogP contribution < -0.4 is 5.32 Å². The fourth-order valence-electron chi connectivity index (χ4n) is 3.61. The van der Waals surface area contributed by atoms with Crippen LogP contribution in [0.15, 0.2) is 0 Å². The van der Waals surface area contributed by atoms with Crippen LogP contribution in [0.25, 0.3) is 0 Å². The number of hydrogen-bond donors (Lipinski definition) is 2. The molecular formula is C16H34N2O. The Hall–Kier alpha value is -0.120. The van der Waals surface area contributed by atoms with E-state index >= 15 is 0 Å². The molecule has 0 amide bonds.